The first-order chi connectivity index (χ1) is 10.3. The number of nitrogens with zero attached hydrogens (tertiary/aromatic N) is 5. The predicted octanol–water partition coefficient (Wildman–Crippen LogP) is 1.24. The summed E-state index contributed by atoms with van der Waals surface area (Å²) in [6, 6.07) is 7.94. The fraction of sp³-hybridized carbons (Fsp3) is 0.400. The summed E-state index contributed by atoms with van der Waals surface area (Å²) in [7, 11) is 2.15. The first-order valence-corrected chi connectivity index (χ1v) is 7.21. The number of nitrogens with one attached hydrogen (secondary N) is 1. The Morgan fingerprint density at radius 2 is 2.05 bits per heavy atom. The monoisotopic (exact) mass is 284 g/mol. The van der Waals surface area contributed by atoms with Crippen molar-refractivity contribution in [2.75, 3.05) is 43.4 Å². The van der Waals surface area contributed by atoms with Crippen molar-refractivity contribution in [3.8, 4) is 0 Å². The molecule has 0 spiro atoms. The number of hydrogen-bond donors (Lipinski definition) is 1. The Morgan fingerprint density at radius 3 is 2.81 bits per heavy atom. The Labute approximate surface area is 124 Å². The predicted molar refractivity (Wildman–Crippen MR) is 83.3 cm³/mol. The molecule has 21 heavy (non-hydrogen) atoms. The number of pyridine rings is 1. The number of anilines is 2. The molecule has 0 atom stereocenters. The van der Waals surface area contributed by atoms with Crippen LogP contribution in [0, 0.1) is 0 Å². The molecule has 6 nitrogen and oxygen atoms in total. The van der Waals surface area contributed by atoms with Gasteiger partial charge >= 0.3 is 0 Å². The van der Waals surface area contributed by atoms with Gasteiger partial charge in [0.15, 0.2) is 5.82 Å². The average molecular weight is 284 g/mol. The molecule has 3 rings (SSSR count). The minimum absolute atomic E-state index is 0.654. The third kappa shape index (κ3) is 3.66. The standard InChI is InChI=1S/C15H20N6/c1-20-6-8-21(9-7-20)14-10-15(19-18-12-14)17-11-13-4-2-3-5-16-13/h2-5,10,12H,6-9,11H2,1H3,(H,17,19). The molecule has 0 aliphatic carbocycles. The molecule has 0 radical (unpaired) electrons. The molecule has 1 aliphatic rings. The highest BCUT2D eigenvalue weighted by molar-refractivity contribution is 5.52. The van der Waals surface area contributed by atoms with E-state index in [9.17, 15) is 0 Å². The molecule has 6 heteroatoms. The molecule has 1 saturated heterocycles. The summed E-state index contributed by atoms with van der Waals surface area (Å²) in [4.78, 5) is 8.97. The Bertz CT molecular complexity index is 565. The summed E-state index contributed by atoms with van der Waals surface area (Å²) >= 11 is 0. The topological polar surface area (TPSA) is 57.2 Å². The molecule has 1 fully saturated rings. The summed E-state index contributed by atoms with van der Waals surface area (Å²) in [6.07, 6.45) is 3.63. The molecular formula is C15H20N6. The maximum Gasteiger partial charge on any atom is 0.151 e. The van der Waals surface area contributed by atoms with Crippen LogP contribution >= 0.6 is 0 Å². The average Bonchev–Trinajstić information content (AvgIpc) is 2.55. The van der Waals surface area contributed by atoms with Crippen LogP contribution in [0.1, 0.15) is 5.69 Å². The Morgan fingerprint density at radius 1 is 1.19 bits per heavy atom. The van der Waals surface area contributed by atoms with Gasteiger partial charge < -0.3 is 15.1 Å². The highest BCUT2D eigenvalue weighted by Gasteiger charge is 2.15. The van der Waals surface area contributed by atoms with Crippen molar-refractivity contribution in [2.45, 2.75) is 6.54 Å². The van der Waals surface area contributed by atoms with Crippen LogP contribution in [0.15, 0.2) is 36.7 Å². The third-order valence-electron chi connectivity index (χ3n) is 3.69. The van der Waals surface area contributed by atoms with Crippen molar-refractivity contribution in [1.29, 1.82) is 0 Å². The van der Waals surface area contributed by atoms with Gasteiger partial charge in [-0.3, -0.25) is 4.98 Å². The van der Waals surface area contributed by atoms with Crippen LogP contribution in [0.4, 0.5) is 11.5 Å². The van der Waals surface area contributed by atoms with Crippen LogP contribution < -0.4 is 10.2 Å². The normalized spacial score (nSPS) is 16.0. The number of hydrogen-bond acceptors (Lipinski definition) is 6. The fourth-order valence-electron chi connectivity index (χ4n) is 2.36. The lowest BCUT2D eigenvalue weighted by Crippen LogP contribution is -2.44. The van der Waals surface area contributed by atoms with Crippen molar-refractivity contribution in [3.63, 3.8) is 0 Å². The molecule has 0 bridgehead atoms. The van der Waals surface area contributed by atoms with E-state index in [0.29, 0.717) is 6.54 Å². The van der Waals surface area contributed by atoms with Gasteiger partial charge in [-0.15, -0.1) is 5.10 Å². The second-order valence-corrected chi connectivity index (χ2v) is 5.26. The van der Waals surface area contributed by atoms with Crippen LogP contribution in [0.3, 0.4) is 0 Å². The summed E-state index contributed by atoms with van der Waals surface area (Å²) in [5, 5.41) is 11.5. The molecule has 0 saturated carbocycles. The van der Waals surface area contributed by atoms with E-state index in [1.54, 1.807) is 6.20 Å². The summed E-state index contributed by atoms with van der Waals surface area (Å²) in [5.41, 5.74) is 2.12. The number of piperazine rings is 1. The van der Waals surface area contributed by atoms with Gasteiger partial charge in [-0.25, -0.2) is 0 Å². The molecular weight excluding hydrogens is 264 g/mol. The van der Waals surface area contributed by atoms with Gasteiger partial charge in [-0.05, 0) is 19.2 Å². The molecule has 2 aromatic rings. The number of rotatable bonds is 4. The second-order valence-electron chi connectivity index (χ2n) is 5.26. The van der Waals surface area contributed by atoms with Gasteiger partial charge in [0.1, 0.15) is 0 Å². The molecule has 110 valence electrons. The maximum atomic E-state index is 4.29. The Balaban J connectivity index is 1.63. The molecule has 0 aromatic carbocycles. The third-order valence-corrected chi connectivity index (χ3v) is 3.69. The molecule has 3 heterocycles. The lowest BCUT2D eigenvalue weighted by atomic mass is 10.3. The lowest BCUT2D eigenvalue weighted by Gasteiger charge is -2.33. The van der Waals surface area contributed by atoms with E-state index in [1.807, 2.05) is 24.4 Å². The Hall–Kier alpha value is -2.21. The van der Waals surface area contributed by atoms with E-state index in [4.69, 9.17) is 0 Å². The molecule has 0 amide bonds. The number of aromatic nitrogens is 3. The summed E-state index contributed by atoms with van der Waals surface area (Å²) in [5.74, 6) is 0.789. The quantitative estimate of drug-likeness (QED) is 0.911. The van der Waals surface area contributed by atoms with Gasteiger partial charge in [-0.2, -0.15) is 5.10 Å². The van der Waals surface area contributed by atoms with Crippen LogP contribution in [0.2, 0.25) is 0 Å². The fourth-order valence-corrected chi connectivity index (χ4v) is 2.36. The van der Waals surface area contributed by atoms with Crippen molar-refractivity contribution in [3.05, 3.63) is 42.4 Å². The molecule has 1 aliphatic heterocycles. The van der Waals surface area contributed by atoms with E-state index in [0.717, 1.165) is 43.4 Å². The van der Waals surface area contributed by atoms with Crippen molar-refractivity contribution in [1.82, 2.24) is 20.1 Å². The van der Waals surface area contributed by atoms with E-state index >= 15 is 0 Å². The highest BCUT2D eigenvalue weighted by Crippen LogP contribution is 2.17. The second kappa shape index (κ2) is 6.49. The summed E-state index contributed by atoms with van der Waals surface area (Å²) < 4.78 is 0. The maximum absolute atomic E-state index is 4.29. The van der Waals surface area contributed by atoms with Gasteiger partial charge in [0.05, 0.1) is 24.1 Å². The van der Waals surface area contributed by atoms with Crippen molar-refractivity contribution in [2.24, 2.45) is 0 Å². The summed E-state index contributed by atoms with van der Waals surface area (Å²) in [6.45, 7) is 4.88. The van der Waals surface area contributed by atoms with E-state index in [1.165, 1.54) is 0 Å². The van der Waals surface area contributed by atoms with Gasteiger partial charge in [0, 0.05) is 38.4 Å². The van der Waals surface area contributed by atoms with Crippen LogP contribution in [0.25, 0.3) is 0 Å². The van der Waals surface area contributed by atoms with Crippen LogP contribution in [0.5, 0.6) is 0 Å². The Kier molecular flexibility index (Phi) is 4.25. The van der Waals surface area contributed by atoms with Gasteiger partial charge in [-0.1, -0.05) is 6.07 Å². The van der Waals surface area contributed by atoms with Crippen LogP contribution in [-0.4, -0.2) is 53.3 Å². The minimum Gasteiger partial charge on any atom is -0.368 e. The number of likely N-dealkylation sites (N-methyl/N-ethyl adjacent to an activating group) is 1. The first-order valence-electron chi connectivity index (χ1n) is 7.21. The first kappa shape index (κ1) is 13.8. The van der Waals surface area contributed by atoms with E-state index in [2.05, 4.69) is 43.4 Å². The van der Waals surface area contributed by atoms with Gasteiger partial charge in [0.2, 0.25) is 0 Å². The SMILES string of the molecule is CN1CCN(c2cnnc(NCc3ccccn3)c2)CC1. The van der Waals surface area contributed by atoms with Crippen molar-refractivity contribution >= 4 is 11.5 Å². The molecule has 0 unspecified atom stereocenters. The minimum atomic E-state index is 0.654. The van der Waals surface area contributed by atoms with Crippen molar-refractivity contribution < 1.29 is 0 Å². The highest BCUT2D eigenvalue weighted by atomic mass is 15.3. The molecule has 2 aromatic heterocycles. The largest absolute Gasteiger partial charge is 0.368 e. The zero-order valence-corrected chi connectivity index (χ0v) is 12.2. The lowest BCUT2D eigenvalue weighted by molar-refractivity contribution is 0.312. The van der Waals surface area contributed by atoms with Gasteiger partial charge in [0.25, 0.3) is 0 Å². The van der Waals surface area contributed by atoms with Crippen LogP contribution in [-0.2, 0) is 6.54 Å². The smallest absolute Gasteiger partial charge is 0.151 e. The molecule has 1 N–H and O–H groups in total. The van der Waals surface area contributed by atoms with E-state index < -0.39 is 0 Å². The van der Waals surface area contributed by atoms with E-state index in [-0.39, 0.29) is 0 Å². The zero-order chi connectivity index (χ0) is 14.5. The zero-order valence-electron chi connectivity index (χ0n) is 12.2.